The van der Waals surface area contributed by atoms with Crippen LogP contribution >= 0.6 is 0 Å². The first-order valence-corrected chi connectivity index (χ1v) is 24.1. The van der Waals surface area contributed by atoms with Crippen LogP contribution in [0.25, 0.3) is 0 Å². The molecule has 6 unspecified atom stereocenters. The Bertz CT molecular complexity index is 2120. The van der Waals surface area contributed by atoms with Crippen LogP contribution in [0.2, 0.25) is 0 Å². The zero-order valence-electron chi connectivity index (χ0n) is 38.3. The van der Waals surface area contributed by atoms with Crippen LogP contribution in [0, 0.1) is 52.3 Å². The molecule has 4 aromatic rings. The lowest BCUT2D eigenvalue weighted by molar-refractivity contribution is -0.282. The molecule has 1 aliphatic heterocycles. The quantitative estimate of drug-likeness (QED) is 0.0877. The van der Waals surface area contributed by atoms with Crippen LogP contribution in [0.1, 0.15) is 102 Å². The molecule has 0 aromatic heterocycles. The maximum absolute atomic E-state index is 13.1. The van der Waals surface area contributed by atoms with E-state index in [0.29, 0.717) is 56.5 Å². The fourth-order valence-corrected chi connectivity index (χ4v) is 13.3. The van der Waals surface area contributed by atoms with Gasteiger partial charge in [-0.15, -0.1) is 0 Å². The van der Waals surface area contributed by atoms with Gasteiger partial charge in [0.1, 0.15) is 6.10 Å². The number of carbonyl (C=O) groups excluding carboxylic acids is 1. The first-order valence-electron chi connectivity index (χ1n) is 24.1. The van der Waals surface area contributed by atoms with E-state index in [1.165, 1.54) is 27.8 Å². The minimum atomic E-state index is -0.209. The van der Waals surface area contributed by atoms with Gasteiger partial charge in [0, 0.05) is 24.2 Å². The number of carbonyl (C=O) groups is 1. The Hall–Kier alpha value is -4.07. The second-order valence-corrected chi connectivity index (χ2v) is 20.6. The van der Waals surface area contributed by atoms with Crippen molar-refractivity contribution in [3.8, 4) is 0 Å². The molecular formula is C57H70O6. The van der Waals surface area contributed by atoms with Crippen LogP contribution in [-0.4, -0.2) is 36.5 Å². The SMILES string of the molecule is CC(C)C1CC(=O)OC([C@H](C)C2=CCC3C4C(CC[C@]23C)[C@]2(C)C(C[C@H](OCc3ccccc3)C[C@@H]2OCc2ccccc2)[C@@H](OCc2ccccc2)[C@@H]4OCc2ccccc2)C1. The predicted molar refractivity (Wildman–Crippen MR) is 248 cm³/mol. The Kier molecular flexibility index (Phi) is 13.4. The Morgan fingerprint density at radius 2 is 1.14 bits per heavy atom. The summed E-state index contributed by atoms with van der Waals surface area (Å²) in [7, 11) is 0. The molecule has 0 spiro atoms. The molecule has 4 aromatic carbocycles. The van der Waals surface area contributed by atoms with Crippen molar-refractivity contribution in [3.05, 3.63) is 155 Å². The third-order valence-electron chi connectivity index (χ3n) is 16.8. The molecule has 0 amide bonds. The number of hydrogen-bond acceptors (Lipinski definition) is 6. The molecule has 9 rings (SSSR count). The summed E-state index contributed by atoms with van der Waals surface area (Å²) >= 11 is 0. The van der Waals surface area contributed by atoms with Crippen LogP contribution in [0.4, 0.5) is 0 Å². The van der Waals surface area contributed by atoms with Gasteiger partial charge in [-0.2, -0.15) is 0 Å². The molecule has 334 valence electrons. The molecule has 1 heterocycles. The fourth-order valence-electron chi connectivity index (χ4n) is 13.3. The summed E-state index contributed by atoms with van der Waals surface area (Å²) in [5, 5.41) is 0. The van der Waals surface area contributed by atoms with Crippen LogP contribution in [0.3, 0.4) is 0 Å². The highest BCUT2D eigenvalue weighted by Gasteiger charge is 2.68. The largest absolute Gasteiger partial charge is 0.462 e. The lowest BCUT2D eigenvalue weighted by Crippen LogP contribution is -2.69. The van der Waals surface area contributed by atoms with E-state index in [0.717, 1.165) is 38.5 Å². The average molecular weight is 851 g/mol. The van der Waals surface area contributed by atoms with Gasteiger partial charge in [0.05, 0.1) is 50.8 Å². The van der Waals surface area contributed by atoms with Gasteiger partial charge in [0.25, 0.3) is 0 Å². The number of benzene rings is 4. The highest BCUT2D eigenvalue weighted by Crippen LogP contribution is 2.68. The molecule has 4 fully saturated rings. The summed E-state index contributed by atoms with van der Waals surface area (Å²) in [5.41, 5.74) is 5.94. The van der Waals surface area contributed by atoms with E-state index in [1.54, 1.807) is 0 Å². The molecule has 6 nitrogen and oxygen atoms in total. The van der Waals surface area contributed by atoms with E-state index in [4.69, 9.17) is 23.7 Å². The van der Waals surface area contributed by atoms with Gasteiger partial charge in [-0.3, -0.25) is 4.79 Å². The van der Waals surface area contributed by atoms with Gasteiger partial charge >= 0.3 is 5.97 Å². The summed E-state index contributed by atoms with van der Waals surface area (Å²) in [6, 6.07) is 42.6. The number of hydrogen-bond donors (Lipinski definition) is 0. The molecule has 0 bridgehead atoms. The van der Waals surface area contributed by atoms with Crippen molar-refractivity contribution >= 4 is 5.97 Å². The average Bonchev–Trinajstić information content (AvgIpc) is 3.67. The fraction of sp³-hybridized carbons (Fsp3) is 0.526. The van der Waals surface area contributed by atoms with E-state index in [1.807, 2.05) is 0 Å². The van der Waals surface area contributed by atoms with E-state index in [-0.39, 0.29) is 65.1 Å². The number of allylic oxidation sites excluding steroid dienone is 1. The minimum Gasteiger partial charge on any atom is -0.462 e. The van der Waals surface area contributed by atoms with E-state index in [9.17, 15) is 4.79 Å². The van der Waals surface area contributed by atoms with Gasteiger partial charge in [0.15, 0.2) is 0 Å². The summed E-state index contributed by atoms with van der Waals surface area (Å²) < 4.78 is 35.5. The monoisotopic (exact) mass is 851 g/mol. The molecular weight excluding hydrogens is 781 g/mol. The summed E-state index contributed by atoms with van der Waals surface area (Å²) in [4.78, 5) is 13.1. The highest BCUT2D eigenvalue weighted by molar-refractivity contribution is 5.70. The van der Waals surface area contributed by atoms with Crippen molar-refractivity contribution in [2.75, 3.05) is 0 Å². The topological polar surface area (TPSA) is 63.2 Å². The van der Waals surface area contributed by atoms with E-state index < -0.39 is 0 Å². The van der Waals surface area contributed by atoms with Gasteiger partial charge < -0.3 is 23.7 Å². The van der Waals surface area contributed by atoms with Gasteiger partial charge in [-0.25, -0.2) is 0 Å². The molecule has 4 aliphatic carbocycles. The van der Waals surface area contributed by atoms with Crippen LogP contribution in [0.5, 0.6) is 0 Å². The number of rotatable bonds is 15. The summed E-state index contributed by atoms with van der Waals surface area (Å²) in [6.45, 7) is 14.1. The Morgan fingerprint density at radius 1 is 0.619 bits per heavy atom. The second-order valence-electron chi connectivity index (χ2n) is 20.6. The molecule has 0 N–H and O–H groups in total. The zero-order chi connectivity index (χ0) is 43.6. The van der Waals surface area contributed by atoms with Crippen molar-refractivity contribution in [1.82, 2.24) is 0 Å². The minimum absolute atomic E-state index is 0.000489. The predicted octanol–water partition coefficient (Wildman–Crippen LogP) is 12.4. The van der Waals surface area contributed by atoms with E-state index >= 15 is 0 Å². The maximum atomic E-state index is 13.1. The van der Waals surface area contributed by atoms with Gasteiger partial charge in [0.2, 0.25) is 0 Å². The maximum Gasteiger partial charge on any atom is 0.306 e. The molecule has 6 heteroatoms. The van der Waals surface area contributed by atoms with Crippen molar-refractivity contribution in [3.63, 3.8) is 0 Å². The van der Waals surface area contributed by atoms with Crippen LogP contribution < -0.4 is 0 Å². The molecule has 13 atom stereocenters. The van der Waals surface area contributed by atoms with Crippen molar-refractivity contribution in [2.45, 2.75) is 137 Å². The van der Waals surface area contributed by atoms with Crippen molar-refractivity contribution in [1.29, 1.82) is 0 Å². The third-order valence-corrected chi connectivity index (χ3v) is 16.8. The molecule has 5 aliphatic rings. The number of cyclic esters (lactones) is 1. The van der Waals surface area contributed by atoms with Gasteiger partial charge in [-0.05, 0) is 95.3 Å². The lowest BCUT2D eigenvalue weighted by atomic mass is 9.42. The van der Waals surface area contributed by atoms with Gasteiger partial charge in [-0.1, -0.05) is 168 Å². The molecule has 1 saturated heterocycles. The standard InChI is InChI=1S/C57H70O6/c1-38(2)44-30-50(63-52(58)31-44)39(3)46-26-27-47-53-48(28-29-56(46,47)4)57(5)49(54(61-36-42-22-14-8-15-23-42)55(53)62-37-43-24-16-9-17-25-43)32-45(59-34-40-18-10-6-11-19-40)33-51(57)60-35-41-20-12-7-13-21-41/h6-26,38-39,44-45,47-51,53-55H,27-37H2,1-5H3/t39-,44?,45+,47?,48?,49?,50?,51+,53?,54-,55-,56-,57-/m1/s1. The van der Waals surface area contributed by atoms with Crippen LogP contribution in [-0.2, 0) is 54.9 Å². The number of ether oxygens (including phenoxy) is 5. The first-order chi connectivity index (χ1) is 30.6. The Labute approximate surface area is 377 Å². The third kappa shape index (κ3) is 9.12. The van der Waals surface area contributed by atoms with Crippen molar-refractivity contribution in [2.24, 2.45) is 52.3 Å². The Balaban J connectivity index is 1.10. The lowest BCUT2D eigenvalue weighted by Gasteiger charge is -2.66. The van der Waals surface area contributed by atoms with Crippen LogP contribution in [0.15, 0.2) is 133 Å². The summed E-state index contributed by atoms with van der Waals surface area (Å²) in [6.07, 6.45) is 8.41. The Morgan fingerprint density at radius 3 is 1.70 bits per heavy atom. The number of fused-ring (bicyclic) bond motifs is 5. The molecule has 0 radical (unpaired) electrons. The molecule has 3 saturated carbocycles. The second kappa shape index (κ2) is 19.2. The van der Waals surface area contributed by atoms with Crippen molar-refractivity contribution < 1.29 is 28.5 Å². The first kappa shape index (κ1) is 44.1. The smallest absolute Gasteiger partial charge is 0.306 e. The molecule has 63 heavy (non-hydrogen) atoms. The van der Waals surface area contributed by atoms with E-state index in [2.05, 4.69) is 162 Å². The number of esters is 1. The zero-order valence-corrected chi connectivity index (χ0v) is 38.3. The summed E-state index contributed by atoms with van der Waals surface area (Å²) in [5.74, 6) is 1.96. The normalized spacial score (nSPS) is 34.3. The highest BCUT2D eigenvalue weighted by atomic mass is 16.5.